The van der Waals surface area contributed by atoms with Crippen molar-refractivity contribution >= 4 is 11.9 Å². The number of esters is 1. The summed E-state index contributed by atoms with van der Waals surface area (Å²) in [6.07, 6.45) is 16.1. The molecule has 7 heteroatoms. The molecule has 0 saturated heterocycles. The number of hydrogen-bond acceptors (Lipinski definition) is 6. The number of likely N-dealkylation sites (N-methyl/N-ethyl adjacent to an activating group) is 1. The molecule has 196 valence electrons. The zero-order valence-corrected chi connectivity index (χ0v) is 21.8. The third-order valence-corrected chi connectivity index (χ3v) is 5.97. The minimum absolute atomic E-state index is 0.00291. The summed E-state index contributed by atoms with van der Waals surface area (Å²) in [4.78, 5) is 23.0. The van der Waals surface area contributed by atoms with Crippen LogP contribution in [0.5, 0.6) is 0 Å². The Labute approximate surface area is 202 Å². The number of aliphatic carboxylic acids is 1. The Morgan fingerprint density at radius 1 is 0.818 bits per heavy atom. The minimum Gasteiger partial charge on any atom is -0.544 e. The van der Waals surface area contributed by atoms with Crippen LogP contribution in [0.1, 0.15) is 103 Å². The highest BCUT2D eigenvalue weighted by Gasteiger charge is 2.24. The Bertz CT molecular complexity index is 492. The lowest BCUT2D eigenvalue weighted by atomic mass is 10.0. The lowest BCUT2D eigenvalue weighted by Gasteiger charge is -2.34. The summed E-state index contributed by atoms with van der Waals surface area (Å²) >= 11 is 0. The number of hydrogen-bond donors (Lipinski definition) is 1. The second-order valence-corrected chi connectivity index (χ2v) is 10.1. The van der Waals surface area contributed by atoms with E-state index < -0.39 is 18.1 Å². The van der Waals surface area contributed by atoms with E-state index in [1.54, 1.807) is 21.1 Å². The lowest BCUT2D eigenvalue weighted by molar-refractivity contribution is -0.889. The number of carboxylic acid groups (broad SMARTS) is 1. The van der Waals surface area contributed by atoms with E-state index in [2.05, 4.69) is 6.92 Å². The molecule has 0 amide bonds. The van der Waals surface area contributed by atoms with Crippen molar-refractivity contribution in [1.29, 1.82) is 0 Å². The van der Waals surface area contributed by atoms with E-state index in [-0.39, 0.29) is 36.7 Å². The highest BCUT2D eigenvalue weighted by atomic mass is 16.5. The zero-order chi connectivity index (χ0) is 25.0. The fourth-order valence-electron chi connectivity index (χ4n) is 3.83. The molecule has 0 radical (unpaired) electrons. The number of carbonyl (C=O) groups excluding carboxylic acids is 2. The molecule has 7 nitrogen and oxygen atoms in total. The van der Waals surface area contributed by atoms with Crippen LogP contribution in [-0.2, 0) is 19.1 Å². The van der Waals surface area contributed by atoms with Gasteiger partial charge in [0.15, 0.2) is 0 Å². The molecule has 0 fully saturated rings. The van der Waals surface area contributed by atoms with Crippen molar-refractivity contribution < 1.29 is 33.8 Å². The predicted molar refractivity (Wildman–Crippen MR) is 130 cm³/mol. The van der Waals surface area contributed by atoms with Crippen molar-refractivity contribution in [2.24, 2.45) is 0 Å². The van der Waals surface area contributed by atoms with Crippen LogP contribution in [0.2, 0.25) is 0 Å². The van der Waals surface area contributed by atoms with Crippen LogP contribution in [0.3, 0.4) is 0 Å². The van der Waals surface area contributed by atoms with Gasteiger partial charge in [-0.25, -0.2) is 0 Å². The highest BCUT2D eigenvalue weighted by molar-refractivity contribution is 5.69. The smallest absolute Gasteiger partial charge is 0.305 e. The third-order valence-electron chi connectivity index (χ3n) is 5.97. The molecule has 0 bridgehead atoms. The first-order chi connectivity index (χ1) is 15.7. The van der Waals surface area contributed by atoms with E-state index in [9.17, 15) is 19.8 Å². The van der Waals surface area contributed by atoms with Gasteiger partial charge in [0.2, 0.25) is 0 Å². The summed E-state index contributed by atoms with van der Waals surface area (Å²) in [5, 5.41) is 21.1. The number of carbonyl (C=O) groups is 2. The largest absolute Gasteiger partial charge is 0.544 e. The van der Waals surface area contributed by atoms with Gasteiger partial charge in [-0.05, 0) is 6.42 Å². The molecular formula is C26H51NO6. The van der Waals surface area contributed by atoms with E-state index in [4.69, 9.17) is 9.47 Å². The van der Waals surface area contributed by atoms with Crippen molar-refractivity contribution in [1.82, 2.24) is 0 Å². The summed E-state index contributed by atoms with van der Waals surface area (Å²) in [6.45, 7) is 2.34. The molecule has 0 rings (SSSR count). The quantitative estimate of drug-likeness (QED) is 0.138. The van der Waals surface area contributed by atoms with E-state index in [0.29, 0.717) is 6.42 Å². The van der Waals surface area contributed by atoms with Crippen molar-refractivity contribution in [3.63, 3.8) is 0 Å². The van der Waals surface area contributed by atoms with Gasteiger partial charge in [-0.2, -0.15) is 0 Å². The minimum atomic E-state index is -1.12. The van der Waals surface area contributed by atoms with E-state index in [0.717, 1.165) is 19.3 Å². The van der Waals surface area contributed by atoms with Gasteiger partial charge in [-0.1, -0.05) is 84.0 Å². The number of unbranched alkanes of at least 4 members (excludes halogenated alkanes) is 12. The van der Waals surface area contributed by atoms with Gasteiger partial charge in [-0.3, -0.25) is 4.79 Å². The molecule has 2 atom stereocenters. The Balaban J connectivity index is 3.55. The summed E-state index contributed by atoms with van der Waals surface area (Å²) in [5.41, 5.74) is 0. The number of quaternary nitrogens is 1. The second kappa shape index (κ2) is 20.2. The van der Waals surface area contributed by atoms with Gasteiger partial charge < -0.3 is 29.0 Å². The molecule has 0 aliphatic rings. The van der Waals surface area contributed by atoms with Crippen LogP contribution in [-0.4, -0.2) is 74.6 Å². The normalized spacial score (nSPS) is 13.6. The summed E-state index contributed by atoms with van der Waals surface area (Å²) in [5.74, 6) is -1.41. The Morgan fingerprint density at radius 2 is 1.30 bits per heavy atom. The molecule has 0 spiro atoms. The number of ether oxygens (including phenoxy) is 2. The summed E-state index contributed by atoms with van der Waals surface area (Å²) in [7, 11) is 5.35. The van der Waals surface area contributed by atoms with E-state index in [1.807, 2.05) is 0 Å². The van der Waals surface area contributed by atoms with E-state index >= 15 is 0 Å². The number of nitrogens with zero attached hydrogens (tertiary/aromatic N) is 1. The third kappa shape index (κ3) is 20.0. The molecule has 33 heavy (non-hydrogen) atoms. The average Bonchev–Trinajstić information content (AvgIpc) is 2.74. The SMILES string of the molecule is CCCCCCCCCCCCCCCC(=O)OCC(O)COCCC(C(=O)[O-])[N+](C)(C)C. The fourth-order valence-corrected chi connectivity index (χ4v) is 3.83. The maximum Gasteiger partial charge on any atom is 0.305 e. The lowest BCUT2D eigenvalue weighted by Crippen LogP contribution is -2.55. The topological polar surface area (TPSA) is 95.9 Å². The van der Waals surface area contributed by atoms with Crippen LogP contribution >= 0.6 is 0 Å². The van der Waals surface area contributed by atoms with Crippen LogP contribution in [0, 0.1) is 0 Å². The monoisotopic (exact) mass is 473 g/mol. The fraction of sp³-hybridized carbons (Fsp3) is 0.923. The second-order valence-electron chi connectivity index (χ2n) is 10.1. The highest BCUT2D eigenvalue weighted by Crippen LogP contribution is 2.13. The first kappa shape index (κ1) is 31.8. The Kier molecular flexibility index (Phi) is 19.5. The van der Waals surface area contributed by atoms with Crippen LogP contribution < -0.4 is 5.11 Å². The van der Waals surface area contributed by atoms with Crippen molar-refractivity contribution in [2.45, 2.75) is 115 Å². The maximum absolute atomic E-state index is 11.8. The molecule has 2 unspecified atom stereocenters. The summed E-state index contributed by atoms with van der Waals surface area (Å²) in [6, 6.07) is -0.680. The molecule has 0 aromatic rings. The molecule has 0 heterocycles. The number of aliphatic hydroxyl groups is 1. The maximum atomic E-state index is 11.8. The van der Waals surface area contributed by atoms with Gasteiger partial charge in [0.05, 0.1) is 40.3 Å². The Hall–Kier alpha value is -1.18. The molecule has 0 aromatic carbocycles. The average molecular weight is 474 g/mol. The molecular weight excluding hydrogens is 422 g/mol. The molecule has 0 aliphatic carbocycles. The van der Waals surface area contributed by atoms with Crippen molar-refractivity contribution in [3.05, 3.63) is 0 Å². The zero-order valence-electron chi connectivity index (χ0n) is 21.8. The van der Waals surface area contributed by atoms with Crippen LogP contribution in [0.4, 0.5) is 0 Å². The van der Waals surface area contributed by atoms with Gasteiger partial charge in [0.25, 0.3) is 0 Å². The van der Waals surface area contributed by atoms with Crippen LogP contribution in [0.25, 0.3) is 0 Å². The summed E-state index contributed by atoms with van der Waals surface area (Å²) < 4.78 is 10.7. The van der Waals surface area contributed by atoms with Crippen molar-refractivity contribution in [3.8, 4) is 0 Å². The molecule has 0 aromatic heterocycles. The Morgan fingerprint density at radius 3 is 1.76 bits per heavy atom. The van der Waals surface area contributed by atoms with Gasteiger partial charge in [0.1, 0.15) is 18.8 Å². The van der Waals surface area contributed by atoms with Crippen molar-refractivity contribution in [2.75, 3.05) is 41.0 Å². The standard InChI is InChI=1S/C26H51NO6/c1-5-6-7-8-9-10-11-12-13-14-15-16-17-18-25(29)33-22-23(28)21-32-20-19-24(26(30)31)27(2,3)4/h23-24,28H,5-22H2,1-4H3. The molecule has 0 saturated carbocycles. The van der Waals surface area contributed by atoms with Gasteiger partial charge in [0, 0.05) is 12.8 Å². The number of carboxylic acids is 1. The predicted octanol–water partition coefficient (Wildman–Crippen LogP) is 3.60. The van der Waals surface area contributed by atoms with Crippen LogP contribution in [0.15, 0.2) is 0 Å². The van der Waals surface area contributed by atoms with Gasteiger partial charge >= 0.3 is 5.97 Å². The van der Waals surface area contributed by atoms with E-state index in [1.165, 1.54) is 64.2 Å². The first-order valence-electron chi connectivity index (χ1n) is 13.1. The first-order valence-corrected chi connectivity index (χ1v) is 13.1. The number of aliphatic hydroxyl groups excluding tert-OH is 1. The number of rotatable bonds is 23. The molecule has 1 N–H and O–H groups in total. The molecule has 0 aliphatic heterocycles. The van der Waals surface area contributed by atoms with Gasteiger partial charge in [-0.15, -0.1) is 0 Å².